The Hall–Kier alpha value is -1.84. The summed E-state index contributed by atoms with van der Waals surface area (Å²) in [7, 11) is 0. The number of carboxylic acids is 1. The first-order valence-electron chi connectivity index (χ1n) is 4.58. The summed E-state index contributed by atoms with van der Waals surface area (Å²) in [6, 6.07) is 5.74. The minimum atomic E-state index is -0.999. The van der Waals surface area contributed by atoms with E-state index in [0.717, 1.165) is 6.08 Å². The standard InChI is InChI=1S/C11H12FNO2/c1-2-9(7-11(14)15)13-10-5-3-8(12)4-6-10/h3-7,13H,2H2,1H3,(H,14,15)/b9-7-. The summed E-state index contributed by atoms with van der Waals surface area (Å²) in [4.78, 5) is 10.4. The smallest absolute Gasteiger partial charge is 0.330 e. The lowest BCUT2D eigenvalue weighted by molar-refractivity contribution is -0.131. The lowest BCUT2D eigenvalue weighted by atomic mass is 10.2. The predicted octanol–water partition coefficient (Wildman–Crippen LogP) is 2.62. The summed E-state index contributed by atoms with van der Waals surface area (Å²) in [5.74, 6) is -1.32. The van der Waals surface area contributed by atoms with Gasteiger partial charge >= 0.3 is 5.97 Å². The van der Waals surface area contributed by atoms with Crippen molar-refractivity contribution in [2.24, 2.45) is 0 Å². The Morgan fingerprint density at radius 3 is 2.53 bits per heavy atom. The maximum atomic E-state index is 12.6. The highest BCUT2D eigenvalue weighted by molar-refractivity contribution is 5.81. The van der Waals surface area contributed by atoms with Crippen LogP contribution in [0.1, 0.15) is 13.3 Å². The zero-order valence-electron chi connectivity index (χ0n) is 8.33. The lowest BCUT2D eigenvalue weighted by Crippen LogP contribution is -2.02. The zero-order chi connectivity index (χ0) is 11.3. The summed E-state index contributed by atoms with van der Waals surface area (Å²) in [5.41, 5.74) is 1.25. The molecule has 0 saturated heterocycles. The van der Waals surface area contributed by atoms with Crippen LogP contribution in [0.4, 0.5) is 10.1 Å². The fraction of sp³-hybridized carbons (Fsp3) is 0.182. The van der Waals surface area contributed by atoms with Crippen LogP contribution in [0.3, 0.4) is 0 Å². The third-order valence-electron chi connectivity index (χ3n) is 1.83. The fourth-order valence-electron chi connectivity index (χ4n) is 1.09. The number of nitrogens with one attached hydrogen (secondary N) is 1. The van der Waals surface area contributed by atoms with Gasteiger partial charge in [0, 0.05) is 17.5 Å². The molecular formula is C11H12FNO2. The van der Waals surface area contributed by atoms with E-state index < -0.39 is 5.97 Å². The maximum absolute atomic E-state index is 12.6. The van der Waals surface area contributed by atoms with Crippen molar-refractivity contribution in [3.8, 4) is 0 Å². The van der Waals surface area contributed by atoms with Crippen molar-refractivity contribution in [3.63, 3.8) is 0 Å². The molecule has 1 aromatic rings. The van der Waals surface area contributed by atoms with Crippen molar-refractivity contribution in [2.75, 3.05) is 5.32 Å². The van der Waals surface area contributed by atoms with Gasteiger partial charge in [-0.25, -0.2) is 9.18 Å². The number of allylic oxidation sites excluding steroid dienone is 1. The molecule has 0 heterocycles. The Morgan fingerprint density at radius 1 is 1.47 bits per heavy atom. The Labute approximate surface area is 87.2 Å². The van der Waals surface area contributed by atoms with Gasteiger partial charge < -0.3 is 10.4 Å². The molecule has 0 aliphatic heterocycles. The molecular weight excluding hydrogens is 197 g/mol. The van der Waals surface area contributed by atoms with E-state index in [-0.39, 0.29) is 5.82 Å². The monoisotopic (exact) mass is 209 g/mol. The van der Waals surface area contributed by atoms with Gasteiger partial charge in [0.05, 0.1) is 0 Å². The highest BCUT2D eigenvalue weighted by atomic mass is 19.1. The number of hydrogen-bond acceptors (Lipinski definition) is 2. The van der Waals surface area contributed by atoms with Gasteiger partial charge in [0.1, 0.15) is 5.82 Å². The van der Waals surface area contributed by atoms with Crippen molar-refractivity contribution in [2.45, 2.75) is 13.3 Å². The summed E-state index contributed by atoms with van der Waals surface area (Å²) >= 11 is 0. The molecule has 0 bridgehead atoms. The SMILES string of the molecule is CC/C(=C/C(=O)O)Nc1ccc(F)cc1. The summed E-state index contributed by atoms with van der Waals surface area (Å²) in [6.45, 7) is 1.84. The first-order chi connectivity index (χ1) is 7.11. The Kier molecular flexibility index (Phi) is 3.85. The molecule has 0 atom stereocenters. The molecule has 0 spiro atoms. The van der Waals surface area contributed by atoms with E-state index in [1.54, 1.807) is 12.1 Å². The molecule has 1 aromatic carbocycles. The Bertz CT molecular complexity index is 371. The first-order valence-corrected chi connectivity index (χ1v) is 4.58. The highest BCUT2D eigenvalue weighted by Crippen LogP contribution is 2.12. The van der Waals surface area contributed by atoms with E-state index in [2.05, 4.69) is 5.32 Å². The van der Waals surface area contributed by atoms with Crippen LogP contribution in [-0.4, -0.2) is 11.1 Å². The number of hydrogen-bond donors (Lipinski definition) is 2. The first kappa shape index (κ1) is 11.2. The van der Waals surface area contributed by atoms with Gasteiger partial charge in [-0.1, -0.05) is 6.92 Å². The molecule has 0 amide bonds. The number of halogens is 1. The van der Waals surface area contributed by atoms with E-state index in [4.69, 9.17) is 5.11 Å². The third-order valence-corrected chi connectivity index (χ3v) is 1.83. The van der Waals surface area contributed by atoms with Crippen molar-refractivity contribution in [1.29, 1.82) is 0 Å². The molecule has 0 aliphatic rings. The second kappa shape index (κ2) is 5.14. The number of carboxylic acid groups (broad SMARTS) is 1. The van der Waals surface area contributed by atoms with E-state index in [1.807, 2.05) is 6.92 Å². The van der Waals surface area contributed by atoms with Gasteiger partial charge in [0.25, 0.3) is 0 Å². The lowest BCUT2D eigenvalue weighted by Gasteiger charge is -2.07. The van der Waals surface area contributed by atoms with Crippen LogP contribution < -0.4 is 5.32 Å². The molecule has 15 heavy (non-hydrogen) atoms. The molecule has 3 nitrogen and oxygen atoms in total. The van der Waals surface area contributed by atoms with Crippen LogP contribution in [0.25, 0.3) is 0 Å². The van der Waals surface area contributed by atoms with Gasteiger partial charge in [0.2, 0.25) is 0 Å². The van der Waals surface area contributed by atoms with Crippen LogP contribution in [0, 0.1) is 5.82 Å². The average Bonchev–Trinajstić information content (AvgIpc) is 2.19. The Balaban J connectivity index is 2.75. The Morgan fingerprint density at radius 2 is 2.07 bits per heavy atom. The predicted molar refractivity (Wildman–Crippen MR) is 56.0 cm³/mol. The third kappa shape index (κ3) is 3.81. The fourth-order valence-corrected chi connectivity index (χ4v) is 1.09. The second-order valence-electron chi connectivity index (χ2n) is 2.99. The molecule has 0 radical (unpaired) electrons. The molecule has 2 N–H and O–H groups in total. The summed E-state index contributed by atoms with van der Waals surface area (Å²) in [6.07, 6.45) is 1.67. The van der Waals surface area contributed by atoms with Crippen LogP contribution in [-0.2, 0) is 4.79 Å². The largest absolute Gasteiger partial charge is 0.478 e. The van der Waals surface area contributed by atoms with E-state index >= 15 is 0 Å². The number of rotatable bonds is 4. The van der Waals surface area contributed by atoms with E-state index in [9.17, 15) is 9.18 Å². The number of anilines is 1. The maximum Gasteiger partial charge on any atom is 0.330 e. The second-order valence-corrected chi connectivity index (χ2v) is 2.99. The minimum Gasteiger partial charge on any atom is -0.478 e. The number of carbonyl (C=O) groups is 1. The van der Waals surface area contributed by atoms with Gasteiger partial charge in [-0.2, -0.15) is 0 Å². The van der Waals surface area contributed by atoms with E-state index in [1.165, 1.54) is 12.1 Å². The van der Waals surface area contributed by atoms with Crippen molar-refractivity contribution in [3.05, 3.63) is 41.9 Å². The minimum absolute atomic E-state index is 0.319. The van der Waals surface area contributed by atoms with E-state index in [0.29, 0.717) is 17.8 Å². The normalized spacial score (nSPS) is 11.2. The molecule has 0 saturated carbocycles. The van der Waals surface area contributed by atoms with Gasteiger partial charge in [0.15, 0.2) is 0 Å². The number of benzene rings is 1. The van der Waals surface area contributed by atoms with Crippen LogP contribution in [0.2, 0.25) is 0 Å². The molecule has 0 aromatic heterocycles. The molecule has 80 valence electrons. The zero-order valence-corrected chi connectivity index (χ0v) is 8.33. The molecule has 0 fully saturated rings. The van der Waals surface area contributed by atoms with Crippen LogP contribution >= 0.6 is 0 Å². The van der Waals surface area contributed by atoms with Crippen LogP contribution in [0.15, 0.2) is 36.0 Å². The van der Waals surface area contributed by atoms with Crippen LogP contribution in [0.5, 0.6) is 0 Å². The topological polar surface area (TPSA) is 49.3 Å². The molecule has 4 heteroatoms. The number of aliphatic carboxylic acids is 1. The summed E-state index contributed by atoms with van der Waals surface area (Å²) < 4.78 is 12.6. The molecule has 1 rings (SSSR count). The van der Waals surface area contributed by atoms with Crippen molar-refractivity contribution >= 4 is 11.7 Å². The van der Waals surface area contributed by atoms with Crippen molar-refractivity contribution in [1.82, 2.24) is 0 Å². The highest BCUT2D eigenvalue weighted by Gasteiger charge is 1.99. The molecule has 0 aliphatic carbocycles. The van der Waals surface area contributed by atoms with Gasteiger partial charge in [-0.3, -0.25) is 0 Å². The molecule has 0 unspecified atom stereocenters. The van der Waals surface area contributed by atoms with Gasteiger partial charge in [-0.05, 0) is 30.7 Å². The summed E-state index contributed by atoms with van der Waals surface area (Å²) in [5, 5.41) is 11.5. The quantitative estimate of drug-likeness (QED) is 0.749. The average molecular weight is 209 g/mol. The van der Waals surface area contributed by atoms with Gasteiger partial charge in [-0.15, -0.1) is 0 Å². The van der Waals surface area contributed by atoms with Crippen molar-refractivity contribution < 1.29 is 14.3 Å².